The molecule has 0 spiro atoms. The van der Waals surface area contributed by atoms with E-state index in [0.717, 1.165) is 35.3 Å². The number of nitrogens with zero attached hydrogens (tertiary/aromatic N) is 1. The second kappa shape index (κ2) is 6.04. The quantitative estimate of drug-likeness (QED) is 0.857. The molecule has 2 N–H and O–H groups in total. The van der Waals surface area contributed by atoms with Crippen LogP contribution in [0.2, 0.25) is 0 Å². The summed E-state index contributed by atoms with van der Waals surface area (Å²) in [5, 5.41) is 0. The maximum Gasteiger partial charge on any atom is 0.410 e. The van der Waals surface area contributed by atoms with E-state index in [4.69, 9.17) is 15.2 Å². The highest BCUT2D eigenvalue weighted by atomic mass is 16.6. The molecule has 130 valence electrons. The third kappa shape index (κ3) is 3.83. The van der Waals surface area contributed by atoms with Crippen molar-refractivity contribution in [3.63, 3.8) is 0 Å². The molecule has 1 saturated carbocycles. The van der Waals surface area contributed by atoms with Crippen LogP contribution in [0, 0.1) is 6.92 Å². The molecule has 5 heteroatoms. The molecule has 0 bridgehead atoms. The first-order valence-electron chi connectivity index (χ1n) is 8.47. The van der Waals surface area contributed by atoms with Crippen molar-refractivity contribution >= 4 is 17.4 Å². The van der Waals surface area contributed by atoms with E-state index in [0.29, 0.717) is 24.9 Å². The van der Waals surface area contributed by atoms with E-state index in [9.17, 15) is 4.79 Å². The fraction of sp³-hybridized carbons (Fsp3) is 0.526. The Balaban J connectivity index is 1.74. The molecule has 0 aromatic heterocycles. The molecule has 1 heterocycles. The van der Waals surface area contributed by atoms with E-state index in [2.05, 4.69) is 6.08 Å². The van der Waals surface area contributed by atoms with E-state index in [1.807, 2.05) is 39.8 Å². The van der Waals surface area contributed by atoms with E-state index in [1.54, 1.807) is 4.90 Å². The van der Waals surface area contributed by atoms with Gasteiger partial charge in [-0.25, -0.2) is 4.79 Å². The summed E-state index contributed by atoms with van der Waals surface area (Å²) in [5.74, 6) is 0.745. The summed E-state index contributed by atoms with van der Waals surface area (Å²) in [7, 11) is 0. The summed E-state index contributed by atoms with van der Waals surface area (Å²) in [4.78, 5) is 13.9. The summed E-state index contributed by atoms with van der Waals surface area (Å²) in [6.45, 7) is 8.77. The van der Waals surface area contributed by atoms with Crippen molar-refractivity contribution in [2.24, 2.45) is 0 Å². The third-order valence-corrected chi connectivity index (χ3v) is 4.09. The van der Waals surface area contributed by atoms with Crippen molar-refractivity contribution < 1.29 is 14.3 Å². The van der Waals surface area contributed by atoms with Crippen molar-refractivity contribution in [3.05, 3.63) is 29.3 Å². The van der Waals surface area contributed by atoms with Crippen molar-refractivity contribution in [3.8, 4) is 5.75 Å². The number of hydrogen-bond acceptors (Lipinski definition) is 4. The third-order valence-electron chi connectivity index (χ3n) is 4.09. The lowest BCUT2D eigenvalue weighted by atomic mass is 10.00. The Labute approximate surface area is 143 Å². The standard InChI is InChI=1S/C19H26N2O3/c1-12-9-16(20)17(23-14-5-6-14)10-15(12)13-7-8-21(11-13)18(22)24-19(2,3)4/h7,9-10,14H,5-6,8,11,20H2,1-4H3. The number of rotatable bonds is 3. The first-order valence-corrected chi connectivity index (χ1v) is 8.47. The van der Waals surface area contributed by atoms with Crippen LogP contribution in [-0.4, -0.2) is 35.8 Å². The lowest BCUT2D eigenvalue weighted by Gasteiger charge is -2.24. The molecule has 1 aliphatic carbocycles. The van der Waals surface area contributed by atoms with Crippen LogP contribution in [0.5, 0.6) is 5.75 Å². The van der Waals surface area contributed by atoms with E-state index in [-0.39, 0.29) is 6.09 Å². The molecule has 5 nitrogen and oxygen atoms in total. The van der Waals surface area contributed by atoms with Crippen LogP contribution in [-0.2, 0) is 4.74 Å². The van der Waals surface area contributed by atoms with Gasteiger partial charge in [0.25, 0.3) is 0 Å². The van der Waals surface area contributed by atoms with E-state index < -0.39 is 5.60 Å². The van der Waals surface area contributed by atoms with Crippen molar-refractivity contribution in [1.82, 2.24) is 4.90 Å². The zero-order valence-electron chi connectivity index (χ0n) is 14.9. The highest BCUT2D eigenvalue weighted by Crippen LogP contribution is 2.35. The minimum atomic E-state index is -0.484. The predicted octanol–water partition coefficient (Wildman–Crippen LogP) is 3.75. The maximum atomic E-state index is 12.2. The highest BCUT2D eigenvalue weighted by Gasteiger charge is 2.28. The van der Waals surface area contributed by atoms with Crippen LogP contribution in [0.1, 0.15) is 44.7 Å². The summed E-state index contributed by atoms with van der Waals surface area (Å²) in [6, 6.07) is 3.96. The monoisotopic (exact) mass is 330 g/mol. The lowest BCUT2D eigenvalue weighted by molar-refractivity contribution is 0.0306. The van der Waals surface area contributed by atoms with Gasteiger partial charge in [-0.15, -0.1) is 0 Å². The number of carbonyl (C=O) groups excluding carboxylic acids is 1. The van der Waals surface area contributed by atoms with Gasteiger partial charge in [0.2, 0.25) is 0 Å². The zero-order chi connectivity index (χ0) is 17.5. The van der Waals surface area contributed by atoms with Gasteiger partial charge in [-0.3, -0.25) is 0 Å². The molecule has 3 rings (SSSR count). The SMILES string of the molecule is Cc1cc(N)c(OC2CC2)cc1C1=CCN(C(=O)OC(C)(C)C)C1. The van der Waals surface area contributed by atoms with Gasteiger partial charge >= 0.3 is 6.09 Å². The minimum Gasteiger partial charge on any atom is -0.488 e. The van der Waals surface area contributed by atoms with Crippen LogP contribution in [0.15, 0.2) is 18.2 Å². The largest absolute Gasteiger partial charge is 0.488 e. The van der Waals surface area contributed by atoms with Gasteiger partial charge in [-0.1, -0.05) is 6.08 Å². The second-order valence-electron chi connectivity index (χ2n) is 7.61. The normalized spacial score (nSPS) is 17.7. The van der Waals surface area contributed by atoms with Gasteiger partial charge in [0.15, 0.2) is 0 Å². The zero-order valence-corrected chi connectivity index (χ0v) is 14.9. The molecule has 24 heavy (non-hydrogen) atoms. The highest BCUT2D eigenvalue weighted by molar-refractivity contribution is 5.80. The molecular weight excluding hydrogens is 304 g/mol. The fourth-order valence-corrected chi connectivity index (χ4v) is 2.74. The fourth-order valence-electron chi connectivity index (χ4n) is 2.74. The predicted molar refractivity (Wildman–Crippen MR) is 95.0 cm³/mol. The lowest BCUT2D eigenvalue weighted by Crippen LogP contribution is -2.35. The first-order chi connectivity index (χ1) is 11.2. The molecule has 0 saturated heterocycles. The average Bonchev–Trinajstić information content (AvgIpc) is 3.13. The Kier molecular flexibility index (Phi) is 4.20. The van der Waals surface area contributed by atoms with Crippen LogP contribution in [0.3, 0.4) is 0 Å². The van der Waals surface area contributed by atoms with Crippen LogP contribution < -0.4 is 10.5 Å². The van der Waals surface area contributed by atoms with Gasteiger partial charge in [-0.05, 0) is 69.4 Å². The van der Waals surface area contributed by atoms with Crippen LogP contribution >= 0.6 is 0 Å². The Morgan fingerprint density at radius 1 is 1.29 bits per heavy atom. The molecule has 1 fully saturated rings. The molecule has 1 aromatic carbocycles. The number of aryl methyl sites for hydroxylation is 1. The second-order valence-corrected chi connectivity index (χ2v) is 7.61. The number of ether oxygens (including phenoxy) is 2. The number of nitrogen functional groups attached to an aromatic ring is 1. The van der Waals surface area contributed by atoms with Gasteiger partial charge in [0, 0.05) is 13.1 Å². The average molecular weight is 330 g/mol. The molecule has 1 amide bonds. The van der Waals surface area contributed by atoms with Gasteiger partial charge in [-0.2, -0.15) is 0 Å². The molecule has 1 aliphatic heterocycles. The Bertz CT molecular complexity index is 685. The topological polar surface area (TPSA) is 64.8 Å². The summed E-state index contributed by atoms with van der Waals surface area (Å²) in [5.41, 5.74) is 9.56. The smallest absolute Gasteiger partial charge is 0.410 e. The van der Waals surface area contributed by atoms with Crippen molar-refractivity contribution in [2.75, 3.05) is 18.8 Å². The van der Waals surface area contributed by atoms with E-state index >= 15 is 0 Å². The number of amides is 1. The Morgan fingerprint density at radius 2 is 2.00 bits per heavy atom. The number of anilines is 1. The molecule has 0 radical (unpaired) electrons. The molecule has 1 aromatic rings. The molecule has 2 aliphatic rings. The summed E-state index contributed by atoms with van der Waals surface area (Å²) in [6.07, 6.45) is 4.29. The number of benzene rings is 1. The van der Waals surface area contributed by atoms with Crippen LogP contribution in [0.25, 0.3) is 5.57 Å². The Hall–Kier alpha value is -2.17. The first kappa shape index (κ1) is 16.7. The summed E-state index contributed by atoms with van der Waals surface area (Å²) < 4.78 is 11.3. The number of hydrogen-bond donors (Lipinski definition) is 1. The Morgan fingerprint density at radius 3 is 2.62 bits per heavy atom. The van der Waals surface area contributed by atoms with Crippen molar-refractivity contribution in [1.29, 1.82) is 0 Å². The molecule has 0 unspecified atom stereocenters. The molecular formula is C19H26N2O3. The van der Waals surface area contributed by atoms with Gasteiger partial charge < -0.3 is 20.1 Å². The molecule has 0 atom stereocenters. The van der Waals surface area contributed by atoms with Gasteiger partial charge in [0.05, 0.1) is 11.8 Å². The maximum absolute atomic E-state index is 12.2. The van der Waals surface area contributed by atoms with Gasteiger partial charge in [0.1, 0.15) is 11.4 Å². The number of nitrogens with two attached hydrogens (primary N) is 1. The van der Waals surface area contributed by atoms with Crippen molar-refractivity contribution in [2.45, 2.75) is 52.2 Å². The van der Waals surface area contributed by atoms with E-state index in [1.165, 1.54) is 0 Å². The number of carbonyl (C=O) groups is 1. The van der Waals surface area contributed by atoms with Crippen LogP contribution in [0.4, 0.5) is 10.5 Å². The minimum absolute atomic E-state index is 0.281. The summed E-state index contributed by atoms with van der Waals surface area (Å²) >= 11 is 0.